The van der Waals surface area contributed by atoms with Crippen LogP contribution in [0.2, 0.25) is 0 Å². The molecule has 0 N–H and O–H groups in total. The predicted molar refractivity (Wildman–Crippen MR) is 74.1 cm³/mol. The topological polar surface area (TPSA) is 51.0 Å². The molecule has 0 atom stereocenters. The summed E-state index contributed by atoms with van der Waals surface area (Å²) in [6.45, 7) is -0.0318. The first-order valence-corrected chi connectivity index (χ1v) is 6.80. The first kappa shape index (κ1) is 18.7. The van der Waals surface area contributed by atoms with Crippen LogP contribution in [-0.2, 0) is 6.18 Å². The van der Waals surface area contributed by atoms with E-state index in [4.69, 9.17) is 0 Å². The van der Waals surface area contributed by atoms with Crippen LogP contribution in [0.5, 0.6) is 0 Å². The summed E-state index contributed by atoms with van der Waals surface area (Å²) in [4.78, 5) is 16.2. The van der Waals surface area contributed by atoms with Crippen molar-refractivity contribution < 1.29 is 31.1 Å². The molecule has 0 saturated heterocycles. The minimum atomic E-state index is -4.55. The van der Waals surface area contributed by atoms with Crippen LogP contribution in [-0.4, -0.2) is 45.3 Å². The third kappa shape index (κ3) is 4.28. The Balaban J connectivity index is 2.28. The van der Waals surface area contributed by atoms with Crippen LogP contribution in [0.3, 0.4) is 0 Å². The van der Waals surface area contributed by atoms with Crippen LogP contribution in [0.1, 0.15) is 21.6 Å². The van der Waals surface area contributed by atoms with Crippen molar-refractivity contribution in [1.82, 2.24) is 19.7 Å². The van der Waals surface area contributed by atoms with Crippen LogP contribution in [0, 0.1) is 6.92 Å². The lowest BCUT2D eigenvalue weighted by molar-refractivity contribution is -0.138. The van der Waals surface area contributed by atoms with Crippen LogP contribution in [0.25, 0.3) is 5.82 Å². The quantitative estimate of drug-likeness (QED) is 0.784. The zero-order valence-corrected chi connectivity index (χ0v) is 13.0. The molecule has 0 aromatic carbocycles. The molecular weight excluding hydrogens is 354 g/mol. The average molecular weight is 366 g/mol. The van der Waals surface area contributed by atoms with E-state index in [1.807, 2.05) is 0 Å². The summed E-state index contributed by atoms with van der Waals surface area (Å²) in [6, 6.07) is 1.84. The molecule has 0 aliphatic rings. The largest absolute Gasteiger partial charge is 0.417 e. The van der Waals surface area contributed by atoms with E-state index >= 15 is 0 Å². The molecule has 0 radical (unpaired) electrons. The van der Waals surface area contributed by atoms with Crippen molar-refractivity contribution in [2.75, 3.05) is 13.6 Å². The predicted octanol–water partition coefficient (Wildman–Crippen LogP) is 3.23. The van der Waals surface area contributed by atoms with Crippen molar-refractivity contribution in [3.05, 3.63) is 41.3 Å². The summed E-state index contributed by atoms with van der Waals surface area (Å²) in [7, 11) is 0.989. The number of hydrogen-bond acceptors (Lipinski definition) is 3. The Morgan fingerprint density at radius 3 is 2.28 bits per heavy atom. The molecule has 0 unspecified atom stereocenters. The minimum Gasteiger partial charge on any atom is -0.332 e. The number of aromatic nitrogens is 3. The zero-order chi connectivity index (χ0) is 19.0. The van der Waals surface area contributed by atoms with Gasteiger partial charge in [0.25, 0.3) is 5.91 Å². The van der Waals surface area contributed by atoms with Crippen molar-refractivity contribution >= 4 is 5.91 Å². The average Bonchev–Trinajstić information content (AvgIpc) is 2.85. The van der Waals surface area contributed by atoms with E-state index in [0.717, 1.165) is 30.1 Å². The molecular formula is C14H12F6N4O. The van der Waals surface area contributed by atoms with E-state index in [1.54, 1.807) is 0 Å². The fourth-order valence-electron chi connectivity index (χ4n) is 2.08. The van der Waals surface area contributed by atoms with Gasteiger partial charge in [0.2, 0.25) is 0 Å². The molecule has 25 heavy (non-hydrogen) atoms. The van der Waals surface area contributed by atoms with E-state index in [9.17, 15) is 31.1 Å². The number of halogens is 6. The Bertz CT molecular complexity index is 763. The molecule has 5 nitrogen and oxygen atoms in total. The lowest BCUT2D eigenvalue weighted by Crippen LogP contribution is -2.36. The number of rotatable bonds is 3. The van der Waals surface area contributed by atoms with Gasteiger partial charge >= 0.3 is 12.4 Å². The van der Waals surface area contributed by atoms with Crippen LogP contribution in [0.15, 0.2) is 24.5 Å². The molecule has 11 heteroatoms. The summed E-state index contributed by atoms with van der Waals surface area (Å²) in [5, 5.41) is 3.82. The highest BCUT2D eigenvalue weighted by molar-refractivity contribution is 5.95. The van der Waals surface area contributed by atoms with Gasteiger partial charge in [0.05, 0.1) is 23.0 Å². The SMILES string of the molecule is Cc1c(C(=O)N(C)CC(F)(F)F)cnn1-c1ccc(C(F)(F)F)cn1. The van der Waals surface area contributed by atoms with E-state index in [2.05, 4.69) is 10.1 Å². The maximum Gasteiger partial charge on any atom is 0.417 e. The Morgan fingerprint density at radius 1 is 1.16 bits per heavy atom. The normalized spacial score (nSPS) is 12.3. The molecule has 0 aliphatic carbocycles. The standard InChI is InChI=1S/C14H12F6N4O/c1-8-10(12(25)23(2)7-13(15,16)17)6-22-24(8)11-4-3-9(5-21-11)14(18,19)20/h3-6H,7H2,1-2H3. The number of pyridine rings is 1. The van der Waals surface area contributed by atoms with Gasteiger partial charge in [-0.05, 0) is 19.1 Å². The minimum absolute atomic E-state index is 0.00280. The second-order valence-corrected chi connectivity index (χ2v) is 5.23. The fourth-order valence-corrected chi connectivity index (χ4v) is 2.08. The Hall–Kier alpha value is -2.59. The number of alkyl halides is 6. The highest BCUT2D eigenvalue weighted by Gasteiger charge is 2.33. The lowest BCUT2D eigenvalue weighted by Gasteiger charge is -2.18. The number of carbonyl (C=O) groups is 1. The summed E-state index contributed by atoms with van der Waals surface area (Å²) < 4.78 is 75.8. The van der Waals surface area contributed by atoms with Crippen molar-refractivity contribution in [1.29, 1.82) is 0 Å². The van der Waals surface area contributed by atoms with Gasteiger partial charge in [-0.3, -0.25) is 4.79 Å². The molecule has 2 rings (SSSR count). The molecule has 0 fully saturated rings. The lowest BCUT2D eigenvalue weighted by atomic mass is 10.2. The molecule has 2 heterocycles. The van der Waals surface area contributed by atoms with Gasteiger partial charge in [-0.1, -0.05) is 0 Å². The van der Waals surface area contributed by atoms with Crippen molar-refractivity contribution in [2.24, 2.45) is 0 Å². The Morgan fingerprint density at radius 2 is 1.80 bits per heavy atom. The van der Waals surface area contributed by atoms with Gasteiger partial charge < -0.3 is 4.90 Å². The van der Waals surface area contributed by atoms with E-state index in [0.29, 0.717) is 11.1 Å². The highest BCUT2D eigenvalue weighted by atomic mass is 19.4. The second-order valence-electron chi connectivity index (χ2n) is 5.23. The molecule has 2 aromatic rings. The number of amides is 1. The van der Waals surface area contributed by atoms with E-state index in [-0.39, 0.29) is 17.1 Å². The molecule has 0 spiro atoms. The molecule has 0 bridgehead atoms. The van der Waals surface area contributed by atoms with Gasteiger partial charge in [-0.25, -0.2) is 9.67 Å². The van der Waals surface area contributed by atoms with E-state index < -0.39 is 30.4 Å². The molecule has 1 amide bonds. The van der Waals surface area contributed by atoms with Crippen LogP contribution < -0.4 is 0 Å². The van der Waals surface area contributed by atoms with Crippen LogP contribution >= 0.6 is 0 Å². The van der Waals surface area contributed by atoms with Crippen molar-refractivity contribution in [3.8, 4) is 5.82 Å². The fraction of sp³-hybridized carbons (Fsp3) is 0.357. The van der Waals surface area contributed by atoms with Gasteiger partial charge in [-0.15, -0.1) is 0 Å². The Labute approximate surface area is 137 Å². The van der Waals surface area contributed by atoms with Crippen molar-refractivity contribution in [2.45, 2.75) is 19.3 Å². The van der Waals surface area contributed by atoms with E-state index in [1.165, 1.54) is 6.92 Å². The first-order valence-electron chi connectivity index (χ1n) is 6.80. The molecule has 2 aromatic heterocycles. The van der Waals surface area contributed by atoms with Gasteiger partial charge in [0, 0.05) is 13.2 Å². The van der Waals surface area contributed by atoms with Gasteiger partial charge in [0.15, 0.2) is 5.82 Å². The number of nitrogens with zero attached hydrogens (tertiary/aromatic N) is 4. The number of hydrogen-bond donors (Lipinski definition) is 0. The summed E-state index contributed by atoms with van der Waals surface area (Å²) >= 11 is 0. The van der Waals surface area contributed by atoms with Crippen LogP contribution in [0.4, 0.5) is 26.3 Å². The maximum absolute atomic E-state index is 12.5. The Kier molecular flexibility index (Phi) is 4.78. The molecule has 136 valence electrons. The third-order valence-electron chi connectivity index (χ3n) is 3.30. The van der Waals surface area contributed by atoms with Crippen molar-refractivity contribution in [3.63, 3.8) is 0 Å². The monoisotopic (exact) mass is 366 g/mol. The summed E-state index contributed by atoms with van der Waals surface area (Å²) in [5.41, 5.74) is -0.901. The number of carbonyl (C=O) groups excluding carboxylic acids is 1. The second kappa shape index (κ2) is 6.37. The van der Waals surface area contributed by atoms with Gasteiger partial charge in [0.1, 0.15) is 6.54 Å². The third-order valence-corrected chi connectivity index (χ3v) is 3.30. The molecule has 0 aliphatic heterocycles. The molecule has 0 saturated carbocycles. The maximum atomic E-state index is 12.5. The smallest absolute Gasteiger partial charge is 0.332 e. The van der Waals surface area contributed by atoms with Gasteiger partial charge in [-0.2, -0.15) is 31.4 Å². The summed E-state index contributed by atoms with van der Waals surface area (Å²) in [5.74, 6) is -0.906. The summed E-state index contributed by atoms with van der Waals surface area (Å²) in [6.07, 6.45) is -7.45. The highest BCUT2D eigenvalue weighted by Crippen LogP contribution is 2.29. The zero-order valence-electron chi connectivity index (χ0n) is 13.0. The first-order chi connectivity index (χ1) is 11.4.